The van der Waals surface area contributed by atoms with E-state index in [1.807, 2.05) is 44.2 Å². The van der Waals surface area contributed by atoms with Crippen molar-refractivity contribution in [2.24, 2.45) is 5.92 Å². The van der Waals surface area contributed by atoms with Gasteiger partial charge in [0.25, 0.3) is 0 Å². The number of aliphatic hydroxyl groups is 1. The van der Waals surface area contributed by atoms with Gasteiger partial charge in [-0.15, -0.1) is 0 Å². The van der Waals surface area contributed by atoms with E-state index in [0.29, 0.717) is 12.5 Å². The fraction of sp³-hybridized carbons (Fsp3) is 0.611. The Labute approximate surface area is 152 Å². The van der Waals surface area contributed by atoms with Crippen molar-refractivity contribution in [3.8, 4) is 0 Å². The maximum absolute atomic E-state index is 12.6. The van der Waals surface area contributed by atoms with Gasteiger partial charge in [-0.1, -0.05) is 59.8 Å². The Hall–Kier alpha value is -0.820. The number of alkyl halides is 1. The first-order valence-corrected chi connectivity index (χ1v) is 9.54. The molecule has 23 heavy (non-hydrogen) atoms. The molecule has 5 heteroatoms. The lowest BCUT2D eigenvalue weighted by Gasteiger charge is -2.45. The highest BCUT2D eigenvalue weighted by Gasteiger charge is 2.43. The van der Waals surface area contributed by atoms with Crippen LogP contribution in [0.5, 0.6) is 0 Å². The van der Waals surface area contributed by atoms with Gasteiger partial charge in [0.2, 0.25) is 0 Å². The summed E-state index contributed by atoms with van der Waals surface area (Å²) in [6.07, 6.45) is 0.858. The fourth-order valence-electron chi connectivity index (χ4n) is 3.28. The number of rotatable bonds is 4. The number of carbonyl (C=O) groups excluding carboxylic acids is 1. The van der Waals surface area contributed by atoms with Gasteiger partial charge in [0.05, 0.1) is 24.8 Å². The van der Waals surface area contributed by atoms with Gasteiger partial charge in [-0.2, -0.15) is 0 Å². The molecule has 0 spiro atoms. The van der Waals surface area contributed by atoms with E-state index in [1.54, 1.807) is 4.90 Å². The Balaban J connectivity index is 2.35. The van der Waals surface area contributed by atoms with Crippen molar-refractivity contribution in [3.05, 3.63) is 35.9 Å². The Kier molecular flexibility index (Phi) is 6.71. The third kappa shape index (κ3) is 4.18. The number of amides is 1. The second-order valence-corrected chi connectivity index (χ2v) is 7.69. The summed E-state index contributed by atoms with van der Waals surface area (Å²) in [6.45, 7) is 6.33. The number of aliphatic hydroxyl groups excluding tert-OH is 1. The third-order valence-electron chi connectivity index (χ3n) is 4.68. The molecule has 2 rings (SSSR count). The molecule has 3 unspecified atom stereocenters. The van der Waals surface area contributed by atoms with E-state index in [9.17, 15) is 9.90 Å². The minimum Gasteiger partial charge on any atom is -0.450 e. The van der Waals surface area contributed by atoms with E-state index >= 15 is 0 Å². The van der Waals surface area contributed by atoms with E-state index in [1.165, 1.54) is 0 Å². The number of carbonyl (C=O) groups is 1. The number of ether oxygens (including phenoxy) is 1. The highest BCUT2D eigenvalue weighted by atomic mass is 127. The lowest BCUT2D eigenvalue weighted by Crippen LogP contribution is -2.56. The average Bonchev–Trinajstić information content (AvgIpc) is 2.55. The molecule has 0 heterocycles. The number of nitrogens with zero attached hydrogens (tertiary/aromatic N) is 1. The quantitative estimate of drug-likeness (QED) is 0.575. The van der Waals surface area contributed by atoms with Crippen LogP contribution in [0.4, 0.5) is 4.79 Å². The van der Waals surface area contributed by atoms with Gasteiger partial charge in [0.15, 0.2) is 0 Å². The molecule has 0 radical (unpaired) electrons. The zero-order valence-electron chi connectivity index (χ0n) is 14.0. The van der Waals surface area contributed by atoms with Crippen molar-refractivity contribution >= 4 is 28.7 Å². The molecule has 1 aliphatic rings. The topological polar surface area (TPSA) is 49.8 Å². The molecule has 128 valence electrons. The van der Waals surface area contributed by atoms with Gasteiger partial charge >= 0.3 is 6.09 Å². The smallest absolute Gasteiger partial charge is 0.410 e. The van der Waals surface area contributed by atoms with E-state index in [4.69, 9.17) is 4.74 Å². The van der Waals surface area contributed by atoms with Gasteiger partial charge in [0.1, 0.15) is 0 Å². The molecule has 0 bridgehead atoms. The van der Waals surface area contributed by atoms with Crippen LogP contribution < -0.4 is 0 Å². The molecular weight excluding hydrogens is 405 g/mol. The van der Waals surface area contributed by atoms with Gasteiger partial charge < -0.3 is 9.84 Å². The molecule has 1 aromatic carbocycles. The highest BCUT2D eigenvalue weighted by Crippen LogP contribution is 2.37. The van der Waals surface area contributed by atoms with Crippen LogP contribution in [0.15, 0.2) is 30.3 Å². The molecule has 1 aliphatic carbocycles. The molecule has 1 saturated carbocycles. The lowest BCUT2D eigenvalue weighted by atomic mass is 9.83. The summed E-state index contributed by atoms with van der Waals surface area (Å²) >= 11 is 2.38. The van der Waals surface area contributed by atoms with Crippen molar-refractivity contribution < 1.29 is 14.6 Å². The van der Waals surface area contributed by atoms with Crippen molar-refractivity contribution in [2.75, 3.05) is 6.61 Å². The van der Waals surface area contributed by atoms with Crippen LogP contribution in [-0.4, -0.2) is 38.8 Å². The number of hydrogen-bond donors (Lipinski definition) is 1. The summed E-state index contributed by atoms with van der Waals surface area (Å²) in [7, 11) is 0. The van der Waals surface area contributed by atoms with Crippen LogP contribution in [0.2, 0.25) is 0 Å². The Morgan fingerprint density at radius 2 is 2.04 bits per heavy atom. The SMILES string of the molecule is CCOC(=O)N(C1C(I)C(C)CC[C@H]1O)[C@H](C)c1ccccc1. The number of hydrogen-bond acceptors (Lipinski definition) is 3. The van der Waals surface area contributed by atoms with Crippen LogP contribution in [0.25, 0.3) is 0 Å². The van der Waals surface area contributed by atoms with Crippen LogP contribution >= 0.6 is 22.6 Å². The van der Waals surface area contributed by atoms with Crippen molar-refractivity contribution in [1.82, 2.24) is 4.90 Å². The monoisotopic (exact) mass is 431 g/mol. The molecule has 0 aromatic heterocycles. The zero-order chi connectivity index (χ0) is 17.0. The second-order valence-electron chi connectivity index (χ2n) is 6.25. The second kappa shape index (κ2) is 8.33. The zero-order valence-corrected chi connectivity index (χ0v) is 16.1. The van der Waals surface area contributed by atoms with Crippen molar-refractivity contribution in [3.63, 3.8) is 0 Å². The largest absolute Gasteiger partial charge is 0.450 e. The highest BCUT2D eigenvalue weighted by molar-refractivity contribution is 14.1. The molecule has 5 atom stereocenters. The minimum atomic E-state index is -0.510. The van der Waals surface area contributed by atoms with Crippen molar-refractivity contribution in [1.29, 1.82) is 0 Å². The summed E-state index contributed by atoms with van der Waals surface area (Å²) in [5.74, 6) is 0.462. The summed E-state index contributed by atoms with van der Waals surface area (Å²) in [6, 6.07) is 9.55. The van der Waals surface area contributed by atoms with E-state index < -0.39 is 6.10 Å². The first-order valence-electron chi connectivity index (χ1n) is 8.29. The average molecular weight is 431 g/mol. The number of benzene rings is 1. The summed E-state index contributed by atoms with van der Waals surface area (Å²) in [4.78, 5) is 14.4. The lowest BCUT2D eigenvalue weighted by molar-refractivity contribution is -0.00557. The first kappa shape index (κ1) is 18.5. The molecule has 1 aromatic rings. The van der Waals surface area contributed by atoms with Crippen LogP contribution in [-0.2, 0) is 4.74 Å². The Morgan fingerprint density at radius 3 is 2.65 bits per heavy atom. The maximum Gasteiger partial charge on any atom is 0.410 e. The van der Waals surface area contributed by atoms with Gasteiger partial charge in [-0.3, -0.25) is 4.90 Å². The molecule has 1 amide bonds. The van der Waals surface area contributed by atoms with Gasteiger partial charge in [-0.05, 0) is 38.2 Å². The third-order valence-corrected chi connectivity index (χ3v) is 6.65. The van der Waals surface area contributed by atoms with E-state index in [-0.39, 0.29) is 22.1 Å². The molecule has 0 aliphatic heterocycles. The molecule has 0 saturated heterocycles. The van der Waals surface area contributed by atoms with E-state index in [2.05, 4.69) is 29.5 Å². The molecular formula is C18H26INO3. The Bertz CT molecular complexity index is 510. The molecule has 4 nitrogen and oxygen atoms in total. The maximum atomic E-state index is 12.6. The summed E-state index contributed by atoms with van der Waals surface area (Å²) in [5.41, 5.74) is 1.05. The first-order chi connectivity index (χ1) is 11.0. The van der Waals surface area contributed by atoms with Crippen molar-refractivity contribution in [2.45, 2.75) is 55.7 Å². The molecule has 1 N–H and O–H groups in total. The summed E-state index contributed by atoms with van der Waals surface area (Å²) < 4.78 is 5.51. The fourth-order valence-corrected chi connectivity index (χ4v) is 4.46. The van der Waals surface area contributed by atoms with Crippen LogP contribution in [0, 0.1) is 5.92 Å². The van der Waals surface area contributed by atoms with Crippen LogP contribution in [0.1, 0.15) is 45.2 Å². The molecule has 1 fully saturated rings. The minimum absolute atomic E-state index is 0.141. The predicted octanol–water partition coefficient (Wildman–Crippen LogP) is 4.17. The Morgan fingerprint density at radius 1 is 1.39 bits per heavy atom. The van der Waals surface area contributed by atoms with Gasteiger partial charge in [-0.25, -0.2) is 4.79 Å². The van der Waals surface area contributed by atoms with Gasteiger partial charge in [0, 0.05) is 3.92 Å². The number of halogens is 1. The van der Waals surface area contributed by atoms with Crippen LogP contribution in [0.3, 0.4) is 0 Å². The normalized spacial score (nSPS) is 28.9. The summed E-state index contributed by atoms with van der Waals surface area (Å²) in [5, 5.41) is 10.6. The standard InChI is InChI=1S/C18H26INO3/c1-4-23-18(22)20(13(3)14-8-6-5-7-9-14)17-15(21)11-10-12(2)16(17)19/h5-9,12-13,15-17,21H,4,10-11H2,1-3H3/t12?,13-,15-,16?,17?/m1/s1. The van der Waals surface area contributed by atoms with E-state index in [0.717, 1.165) is 18.4 Å². The predicted molar refractivity (Wildman–Crippen MR) is 99.7 cm³/mol.